The summed E-state index contributed by atoms with van der Waals surface area (Å²) < 4.78 is 15.7. The quantitative estimate of drug-likeness (QED) is 0.119. The van der Waals surface area contributed by atoms with E-state index in [0.29, 0.717) is 11.3 Å². The largest absolute Gasteiger partial charge is 0.458 e. The van der Waals surface area contributed by atoms with Gasteiger partial charge < -0.3 is 9.30 Å². The molecule has 0 aliphatic rings. The van der Waals surface area contributed by atoms with Crippen molar-refractivity contribution in [1.29, 1.82) is 5.26 Å². The number of ether oxygens (including phenoxy) is 1. The SMILES string of the molecule is CC(C)(C)c1ccnc(-n2c3ccccc3c3ccc(Oc4cccc(-n5[c-][n+](-c6c(-c7ccc(C#N)cc7)cccc6-n6c7ccccc7c7ccccc76)c6ccccc65)c4)cc32)c1. The molecule has 0 unspecified atom stereocenters. The number of hydrogen-bond acceptors (Lipinski definition) is 3. The van der Waals surface area contributed by atoms with Gasteiger partial charge in [-0.15, -0.1) is 0 Å². The number of fused-ring (bicyclic) bond motifs is 7. The maximum atomic E-state index is 9.71. The minimum absolute atomic E-state index is 0.0273. The molecular weight excluding hydrogens is 809 g/mol. The Balaban J connectivity index is 1.01. The highest BCUT2D eigenvalue weighted by Gasteiger charge is 2.23. The molecule has 7 nitrogen and oxygen atoms in total. The first kappa shape index (κ1) is 38.9. The predicted octanol–water partition coefficient (Wildman–Crippen LogP) is 13.9. The van der Waals surface area contributed by atoms with Crippen molar-refractivity contribution in [2.24, 2.45) is 0 Å². The molecular formula is C59H42N6O. The van der Waals surface area contributed by atoms with Crippen molar-refractivity contribution >= 4 is 54.6 Å². The molecule has 0 saturated carbocycles. The third kappa shape index (κ3) is 6.34. The number of para-hydroxylation sites is 6. The van der Waals surface area contributed by atoms with Crippen LogP contribution >= 0.6 is 0 Å². The Morgan fingerprint density at radius 3 is 1.88 bits per heavy atom. The third-order valence-electron chi connectivity index (χ3n) is 12.7. The lowest BCUT2D eigenvalue weighted by Gasteiger charge is -2.20. The number of benzene rings is 8. The summed E-state index contributed by atoms with van der Waals surface area (Å²) in [5.41, 5.74) is 13.0. The lowest BCUT2D eigenvalue weighted by molar-refractivity contribution is -0.571. The molecule has 8 aromatic carbocycles. The van der Waals surface area contributed by atoms with Crippen molar-refractivity contribution in [2.45, 2.75) is 26.2 Å². The third-order valence-corrected chi connectivity index (χ3v) is 12.7. The molecule has 0 aliphatic heterocycles. The first-order chi connectivity index (χ1) is 32.3. The summed E-state index contributed by atoms with van der Waals surface area (Å²) in [6.45, 7) is 6.69. The van der Waals surface area contributed by atoms with Gasteiger partial charge in [-0.3, -0.25) is 13.7 Å². The molecule has 4 aromatic heterocycles. The predicted molar refractivity (Wildman–Crippen MR) is 265 cm³/mol. The van der Waals surface area contributed by atoms with E-state index in [1.54, 1.807) is 0 Å². The van der Waals surface area contributed by atoms with E-state index in [1.165, 1.54) is 16.3 Å². The van der Waals surface area contributed by atoms with Gasteiger partial charge in [0.2, 0.25) is 0 Å². The highest BCUT2D eigenvalue weighted by molar-refractivity contribution is 6.10. The number of hydrogen-bond donors (Lipinski definition) is 0. The first-order valence-corrected chi connectivity index (χ1v) is 22.2. The van der Waals surface area contributed by atoms with Crippen LogP contribution in [-0.2, 0) is 5.41 Å². The Hall–Kier alpha value is -8.73. The molecule has 12 rings (SSSR count). The summed E-state index contributed by atoms with van der Waals surface area (Å²) in [6, 6.07) is 69.5. The minimum atomic E-state index is -0.0273. The van der Waals surface area contributed by atoms with E-state index in [9.17, 15) is 5.26 Å². The standard InChI is InChI=1S/C59H42N6O/c1-59(2,3)41-32-33-61-57(34-41)65-52-22-9-6-18-48(52)49-31-30-44(36-56(49)65)66-43-15-12-14-42(35-43)62-38-63(54-24-11-10-23-53(54)62)58-45(40-28-26-39(37-60)27-29-40)19-13-25-55(58)64-50-20-7-4-16-46(50)47-17-5-8-21-51(47)64/h4-36H,1-3H3. The molecule has 0 saturated heterocycles. The van der Waals surface area contributed by atoms with Crippen LogP contribution in [0.1, 0.15) is 31.9 Å². The lowest BCUT2D eigenvalue weighted by atomic mass is 9.88. The van der Waals surface area contributed by atoms with Crippen molar-refractivity contribution < 1.29 is 9.30 Å². The summed E-state index contributed by atoms with van der Waals surface area (Å²) >= 11 is 0. The van der Waals surface area contributed by atoms with Crippen LogP contribution in [0.3, 0.4) is 0 Å². The highest BCUT2D eigenvalue weighted by atomic mass is 16.5. The maximum absolute atomic E-state index is 9.71. The number of nitriles is 1. The van der Waals surface area contributed by atoms with Crippen LogP contribution in [0.15, 0.2) is 200 Å². The Morgan fingerprint density at radius 1 is 0.561 bits per heavy atom. The molecule has 0 aliphatic carbocycles. The van der Waals surface area contributed by atoms with Gasteiger partial charge in [-0.05, 0) is 101 Å². The molecule has 12 aromatic rings. The second-order valence-corrected chi connectivity index (χ2v) is 17.8. The highest BCUT2D eigenvalue weighted by Crippen LogP contribution is 2.39. The van der Waals surface area contributed by atoms with Gasteiger partial charge in [0, 0.05) is 33.8 Å². The van der Waals surface area contributed by atoms with Gasteiger partial charge in [0.05, 0.1) is 61.8 Å². The van der Waals surface area contributed by atoms with E-state index in [1.807, 2.05) is 48.7 Å². The number of aromatic nitrogens is 5. The fourth-order valence-electron chi connectivity index (χ4n) is 9.59. The fraction of sp³-hybridized carbons (Fsp3) is 0.0678. The topological polar surface area (TPSA) is 64.6 Å². The van der Waals surface area contributed by atoms with Crippen LogP contribution in [-0.4, -0.2) is 18.7 Å². The van der Waals surface area contributed by atoms with Crippen LogP contribution in [0.4, 0.5) is 0 Å². The summed E-state index contributed by atoms with van der Waals surface area (Å²) in [5, 5.41) is 14.4. The Labute approximate surface area is 381 Å². The molecule has 66 heavy (non-hydrogen) atoms. The van der Waals surface area contributed by atoms with Crippen LogP contribution in [0.5, 0.6) is 11.5 Å². The zero-order valence-electron chi connectivity index (χ0n) is 36.6. The number of pyridine rings is 1. The summed E-state index contributed by atoms with van der Waals surface area (Å²) in [5.74, 6) is 2.29. The van der Waals surface area contributed by atoms with Crippen molar-refractivity contribution in [3.8, 4) is 51.6 Å². The monoisotopic (exact) mass is 850 g/mol. The van der Waals surface area contributed by atoms with Gasteiger partial charge >= 0.3 is 0 Å². The van der Waals surface area contributed by atoms with Crippen LogP contribution in [0, 0.1) is 17.7 Å². The van der Waals surface area contributed by atoms with Gasteiger partial charge in [-0.25, -0.2) is 4.98 Å². The average Bonchev–Trinajstić information content (AvgIpc) is 4.02. The van der Waals surface area contributed by atoms with E-state index in [0.717, 1.165) is 83.6 Å². The zero-order valence-corrected chi connectivity index (χ0v) is 36.6. The maximum Gasteiger partial charge on any atom is 0.269 e. The van der Waals surface area contributed by atoms with Gasteiger partial charge in [0.25, 0.3) is 6.33 Å². The second kappa shape index (κ2) is 15.2. The normalized spacial score (nSPS) is 11.8. The van der Waals surface area contributed by atoms with Crippen LogP contribution in [0.2, 0.25) is 0 Å². The Kier molecular flexibility index (Phi) is 8.97. The number of rotatable bonds is 7. The van der Waals surface area contributed by atoms with Crippen molar-refractivity contribution in [3.05, 3.63) is 218 Å². The van der Waals surface area contributed by atoms with Gasteiger partial charge in [-0.1, -0.05) is 130 Å². The van der Waals surface area contributed by atoms with Crippen LogP contribution < -0.4 is 9.30 Å². The molecule has 314 valence electrons. The zero-order chi connectivity index (χ0) is 44.5. The summed E-state index contributed by atoms with van der Waals surface area (Å²) in [4.78, 5) is 4.88. The fourth-order valence-corrected chi connectivity index (χ4v) is 9.59. The molecule has 0 spiro atoms. The number of nitrogens with zero attached hydrogens (tertiary/aromatic N) is 6. The van der Waals surface area contributed by atoms with E-state index in [4.69, 9.17) is 9.72 Å². The molecule has 0 amide bonds. The minimum Gasteiger partial charge on any atom is -0.458 e. The molecule has 4 heterocycles. The Bertz CT molecular complexity index is 3860. The van der Waals surface area contributed by atoms with Crippen molar-refractivity contribution in [3.63, 3.8) is 0 Å². The molecule has 7 heteroatoms. The van der Waals surface area contributed by atoms with E-state index in [-0.39, 0.29) is 5.41 Å². The van der Waals surface area contributed by atoms with Crippen molar-refractivity contribution in [1.82, 2.24) is 18.7 Å². The molecule has 0 N–H and O–H groups in total. The lowest BCUT2D eigenvalue weighted by Crippen LogP contribution is -2.32. The molecule has 0 fully saturated rings. The van der Waals surface area contributed by atoms with E-state index < -0.39 is 0 Å². The van der Waals surface area contributed by atoms with Gasteiger partial charge in [-0.2, -0.15) is 5.26 Å². The summed E-state index contributed by atoms with van der Waals surface area (Å²) in [7, 11) is 0. The smallest absolute Gasteiger partial charge is 0.269 e. The van der Waals surface area contributed by atoms with Gasteiger partial charge in [0.15, 0.2) is 0 Å². The summed E-state index contributed by atoms with van der Waals surface area (Å²) in [6.07, 6.45) is 5.73. The number of imidazole rings is 1. The molecule has 0 bridgehead atoms. The Morgan fingerprint density at radius 2 is 1.18 bits per heavy atom. The second-order valence-electron chi connectivity index (χ2n) is 17.8. The van der Waals surface area contributed by atoms with Crippen LogP contribution in [0.25, 0.3) is 88.7 Å². The first-order valence-electron chi connectivity index (χ1n) is 22.2. The van der Waals surface area contributed by atoms with Gasteiger partial charge in [0.1, 0.15) is 17.3 Å². The molecule has 0 radical (unpaired) electrons. The van der Waals surface area contributed by atoms with Crippen molar-refractivity contribution in [2.75, 3.05) is 0 Å². The van der Waals surface area contributed by atoms with E-state index in [2.05, 4.69) is 203 Å². The average molecular weight is 851 g/mol. The molecule has 0 atom stereocenters. The van der Waals surface area contributed by atoms with E-state index >= 15 is 0 Å².